The number of anilines is 1. The first-order chi connectivity index (χ1) is 13.3. The fraction of sp³-hybridized carbons (Fsp3) is 0.368. The first kappa shape index (κ1) is 18.3. The Labute approximate surface area is 158 Å². The highest BCUT2D eigenvalue weighted by molar-refractivity contribution is 6.23. The second-order valence-corrected chi connectivity index (χ2v) is 6.81. The van der Waals surface area contributed by atoms with E-state index in [0.29, 0.717) is 0 Å². The van der Waals surface area contributed by atoms with Gasteiger partial charge in [0.25, 0.3) is 6.29 Å². The van der Waals surface area contributed by atoms with Gasteiger partial charge in [0.05, 0.1) is 23.6 Å². The van der Waals surface area contributed by atoms with Gasteiger partial charge in [-0.05, 0) is 18.2 Å². The van der Waals surface area contributed by atoms with Gasteiger partial charge in [0.1, 0.15) is 5.82 Å². The number of halogens is 1. The average molecular weight is 389 g/mol. The van der Waals surface area contributed by atoms with Crippen molar-refractivity contribution < 1.29 is 37.8 Å². The molecule has 1 aromatic rings. The van der Waals surface area contributed by atoms with Gasteiger partial charge in [-0.15, -0.1) is 0 Å². The summed E-state index contributed by atoms with van der Waals surface area (Å²) in [6, 6.07) is 5.42. The van der Waals surface area contributed by atoms with Gasteiger partial charge >= 0.3 is 11.9 Å². The number of nitrogens with zero attached hydrogens (tertiary/aromatic N) is 1. The van der Waals surface area contributed by atoms with Crippen LogP contribution in [0.5, 0.6) is 0 Å². The van der Waals surface area contributed by atoms with Gasteiger partial charge in [0.2, 0.25) is 11.8 Å². The summed E-state index contributed by atoms with van der Waals surface area (Å²) in [6.07, 6.45) is 0.672. The van der Waals surface area contributed by atoms with Crippen molar-refractivity contribution in [2.45, 2.75) is 31.8 Å². The number of ether oxygens (including phenoxy) is 3. The average Bonchev–Trinajstić information content (AvgIpc) is 3.26. The maximum atomic E-state index is 14.2. The summed E-state index contributed by atoms with van der Waals surface area (Å²) < 4.78 is 30.3. The first-order valence-electron chi connectivity index (χ1n) is 8.60. The van der Waals surface area contributed by atoms with Gasteiger partial charge in [-0.25, -0.2) is 9.29 Å². The molecule has 0 unspecified atom stereocenters. The van der Waals surface area contributed by atoms with E-state index in [-0.39, 0.29) is 5.69 Å². The van der Waals surface area contributed by atoms with Crippen molar-refractivity contribution in [3.63, 3.8) is 0 Å². The second-order valence-electron chi connectivity index (χ2n) is 6.81. The molecular formula is C19H16FNO7. The Bertz CT molecular complexity index is 913. The van der Waals surface area contributed by atoms with Gasteiger partial charge in [0.15, 0.2) is 5.60 Å². The zero-order valence-electron chi connectivity index (χ0n) is 15.0. The number of carbonyl (C=O) groups excluding carboxylic acids is 4. The molecule has 0 spiro atoms. The zero-order valence-corrected chi connectivity index (χ0v) is 15.0. The third-order valence-electron chi connectivity index (χ3n) is 5.09. The molecule has 0 aliphatic carbocycles. The topological polar surface area (TPSA) is 99.2 Å². The third-order valence-corrected chi connectivity index (χ3v) is 5.09. The van der Waals surface area contributed by atoms with Gasteiger partial charge in [-0.3, -0.25) is 19.2 Å². The number of esters is 2. The first-order valence-corrected chi connectivity index (χ1v) is 8.60. The van der Waals surface area contributed by atoms with E-state index < -0.39 is 59.4 Å². The molecule has 0 saturated carbocycles. The van der Waals surface area contributed by atoms with Crippen molar-refractivity contribution in [3.8, 4) is 0 Å². The molecule has 1 aromatic carbocycles. The highest BCUT2D eigenvalue weighted by Gasteiger charge is 2.72. The fourth-order valence-corrected chi connectivity index (χ4v) is 4.09. The molecule has 0 radical (unpaired) electrons. The third kappa shape index (κ3) is 2.46. The molecule has 3 aliphatic heterocycles. The monoisotopic (exact) mass is 389 g/mol. The second kappa shape index (κ2) is 6.23. The van der Waals surface area contributed by atoms with Crippen LogP contribution in [0.3, 0.4) is 0 Å². The predicted octanol–water partition coefficient (Wildman–Crippen LogP) is 1.09. The maximum absolute atomic E-state index is 14.2. The summed E-state index contributed by atoms with van der Waals surface area (Å²) in [6.45, 7) is 2.23. The number of carbonyl (C=O) groups is 4. The fourth-order valence-electron chi connectivity index (χ4n) is 4.09. The van der Waals surface area contributed by atoms with Crippen molar-refractivity contribution in [2.24, 2.45) is 11.8 Å². The van der Waals surface area contributed by atoms with E-state index in [0.717, 1.165) is 24.8 Å². The highest BCUT2D eigenvalue weighted by Crippen LogP contribution is 2.54. The van der Waals surface area contributed by atoms with Crippen LogP contribution < -0.4 is 4.90 Å². The van der Waals surface area contributed by atoms with Crippen molar-refractivity contribution in [2.75, 3.05) is 4.90 Å². The standard InChI is InChI=1S/C19H16FNO7/c1-9(22)26-18(27-10(2)23)19-8-7-13(28-19)14-15(19)17(25)21(16(14)24)12-6-4-3-5-11(12)20/h3-8,13-15,18H,1-2H3/t13-,14+,15+,19+/m1/s1. The Hall–Kier alpha value is -3.07. The summed E-state index contributed by atoms with van der Waals surface area (Å²) in [5.41, 5.74) is -1.82. The Kier molecular flexibility index (Phi) is 4.07. The van der Waals surface area contributed by atoms with Crippen LogP contribution in [-0.2, 0) is 33.4 Å². The largest absolute Gasteiger partial charge is 0.422 e. The van der Waals surface area contributed by atoms with Crippen LogP contribution in [0.1, 0.15) is 13.8 Å². The lowest BCUT2D eigenvalue weighted by molar-refractivity contribution is -0.226. The van der Waals surface area contributed by atoms with Crippen LogP contribution in [-0.4, -0.2) is 41.7 Å². The van der Waals surface area contributed by atoms with Crippen LogP contribution >= 0.6 is 0 Å². The lowest BCUT2D eigenvalue weighted by atomic mass is 9.76. The molecule has 3 heterocycles. The number of hydrogen-bond acceptors (Lipinski definition) is 7. The molecule has 2 bridgehead atoms. The quantitative estimate of drug-likeness (QED) is 0.329. The van der Waals surface area contributed by atoms with Gasteiger partial charge in [-0.1, -0.05) is 18.2 Å². The molecule has 8 nitrogen and oxygen atoms in total. The normalized spacial score (nSPS) is 30.1. The Morgan fingerprint density at radius 1 is 1.14 bits per heavy atom. The summed E-state index contributed by atoms with van der Waals surface area (Å²) in [5.74, 6) is -5.64. The number of rotatable bonds is 4. The molecule has 4 rings (SSSR count). The van der Waals surface area contributed by atoms with E-state index >= 15 is 0 Å². The van der Waals surface area contributed by atoms with Crippen LogP contribution in [0.2, 0.25) is 0 Å². The number of hydrogen-bond donors (Lipinski definition) is 0. The molecule has 2 saturated heterocycles. The van der Waals surface area contributed by atoms with Gasteiger partial charge in [-0.2, -0.15) is 0 Å². The Balaban J connectivity index is 1.77. The van der Waals surface area contributed by atoms with E-state index in [2.05, 4.69) is 0 Å². The van der Waals surface area contributed by atoms with Crippen molar-refractivity contribution in [1.29, 1.82) is 0 Å². The van der Waals surface area contributed by atoms with Crippen LogP contribution in [0.4, 0.5) is 10.1 Å². The smallest absolute Gasteiger partial charge is 0.305 e. The summed E-state index contributed by atoms with van der Waals surface area (Å²) in [4.78, 5) is 50.0. The molecule has 2 fully saturated rings. The molecule has 9 heteroatoms. The molecule has 4 atom stereocenters. The molecule has 0 N–H and O–H groups in total. The molecule has 3 aliphatic rings. The van der Waals surface area contributed by atoms with Crippen LogP contribution in [0, 0.1) is 17.7 Å². The number of imide groups is 1. The van der Waals surface area contributed by atoms with Gasteiger partial charge < -0.3 is 14.2 Å². The number of benzene rings is 1. The zero-order chi connectivity index (χ0) is 20.2. The number of fused-ring (bicyclic) bond motifs is 5. The van der Waals surface area contributed by atoms with Gasteiger partial charge in [0, 0.05) is 13.8 Å². The molecule has 146 valence electrons. The van der Waals surface area contributed by atoms with E-state index in [1.807, 2.05) is 0 Å². The molecule has 28 heavy (non-hydrogen) atoms. The Morgan fingerprint density at radius 2 is 1.79 bits per heavy atom. The maximum Gasteiger partial charge on any atom is 0.305 e. The minimum atomic E-state index is -1.65. The minimum Gasteiger partial charge on any atom is -0.422 e. The Morgan fingerprint density at radius 3 is 2.39 bits per heavy atom. The highest BCUT2D eigenvalue weighted by atomic mass is 19.1. The van der Waals surface area contributed by atoms with Crippen molar-refractivity contribution in [3.05, 3.63) is 42.2 Å². The summed E-state index contributed by atoms with van der Waals surface area (Å²) in [5, 5.41) is 0. The summed E-state index contributed by atoms with van der Waals surface area (Å²) >= 11 is 0. The predicted molar refractivity (Wildman–Crippen MR) is 89.9 cm³/mol. The SMILES string of the molecule is CC(=O)OC(OC(C)=O)[C@@]12C=C[C@@H](O1)[C@@H]1C(=O)N(c3ccccc3F)C(=O)[C@H]12. The van der Waals surface area contributed by atoms with Crippen LogP contribution in [0.25, 0.3) is 0 Å². The van der Waals surface area contributed by atoms with Crippen molar-refractivity contribution >= 4 is 29.4 Å². The molecule has 0 aromatic heterocycles. The minimum absolute atomic E-state index is 0.169. The summed E-state index contributed by atoms with van der Waals surface area (Å²) in [7, 11) is 0. The van der Waals surface area contributed by atoms with Crippen LogP contribution in [0.15, 0.2) is 36.4 Å². The number of amides is 2. The lowest BCUT2D eigenvalue weighted by Crippen LogP contribution is -2.52. The molecule has 2 amide bonds. The van der Waals surface area contributed by atoms with E-state index in [1.54, 1.807) is 6.08 Å². The van der Waals surface area contributed by atoms with E-state index in [9.17, 15) is 23.6 Å². The lowest BCUT2D eigenvalue weighted by Gasteiger charge is -2.34. The van der Waals surface area contributed by atoms with Crippen molar-refractivity contribution in [1.82, 2.24) is 0 Å². The van der Waals surface area contributed by atoms with E-state index in [1.165, 1.54) is 24.3 Å². The molecular weight excluding hydrogens is 373 g/mol. The van der Waals surface area contributed by atoms with E-state index in [4.69, 9.17) is 14.2 Å². The number of para-hydroxylation sites is 1.